The first-order valence-corrected chi connectivity index (χ1v) is 9.25. The second-order valence-electron chi connectivity index (χ2n) is 6.38. The lowest BCUT2D eigenvalue weighted by Crippen LogP contribution is -2.49. The smallest absolute Gasteiger partial charge is 0.234 e. The lowest BCUT2D eigenvalue weighted by Gasteiger charge is -2.35. The number of ether oxygens (including phenoxy) is 1. The van der Waals surface area contributed by atoms with Gasteiger partial charge in [-0.05, 0) is 30.9 Å². The third-order valence-electron chi connectivity index (χ3n) is 4.13. The zero-order valence-electron chi connectivity index (χ0n) is 14.1. The highest BCUT2D eigenvalue weighted by Crippen LogP contribution is 2.25. The summed E-state index contributed by atoms with van der Waals surface area (Å²) in [7, 11) is 0. The maximum Gasteiger partial charge on any atom is 0.234 e. The first-order chi connectivity index (χ1) is 11.6. The van der Waals surface area contributed by atoms with E-state index in [4.69, 9.17) is 4.74 Å². The van der Waals surface area contributed by atoms with Gasteiger partial charge in [0.2, 0.25) is 5.91 Å². The van der Waals surface area contributed by atoms with E-state index in [1.54, 1.807) is 11.3 Å². The van der Waals surface area contributed by atoms with Gasteiger partial charge in [0.1, 0.15) is 0 Å². The monoisotopic (exact) mass is 344 g/mol. The highest BCUT2D eigenvalue weighted by Gasteiger charge is 2.25. The van der Waals surface area contributed by atoms with E-state index in [-0.39, 0.29) is 24.2 Å². The highest BCUT2D eigenvalue weighted by atomic mass is 32.1. The van der Waals surface area contributed by atoms with Gasteiger partial charge in [-0.25, -0.2) is 0 Å². The molecule has 0 spiro atoms. The molecule has 0 aliphatic carbocycles. The van der Waals surface area contributed by atoms with Crippen molar-refractivity contribution < 1.29 is 9.53 Å². The maximum absolute atomic E-state index is 12.6. The Kier molecular flexibility index (Phi) is 5.66. The van der Waals surface area contributed by atoms with Crippen molar-refractivity contribution in [3.8, 4) is 0 Å². The zero-order chi connectivity index (χ0) is 16.9. The largest absolute Gasteiger partial charge is 0.373 e. The quantitative estimate of drug-likeness (QED) is 0.906. The van der Waals surface area contributed by atoms with Gasteiger partial charge in [0.05, 0.1) is 24.8 Å². The number of nitrogens with one attached hydrogen (secondary N) is 1. The summed E-state index contributed by atoms with van der Waals surface area (Å²) in [6, 6.07) is 14.1. The summed E-state index contributed by atoms with van der Waals surface area (Å²) in [5, 5.41) is 5.25. The standard InChI is InChI=1S/C19H24N2O2S/c1-14-11-21(12-15(2)23-14)13-18(22)20-19(17-9-6-10-24-17)16-7-4-3-5-8-16/h3-10,14-15,19H,11-13H2,1-2H3,(H,20,22)/t14-,15+,19-/m0/s1. The van der Waals surface area contributed by atoms with E-state index in [1.807, 2.05) is 29.6 Å². The Morgan fingerprint density at radius 1 is 1.21 bits per heavy atom. The number of carbonyl (C=O) groups excluding carboxylic acids is 1. The molecule has 2 aromatic rings. The molecule has 1 saturated heterocycles. The summed E-state index contributed by atoms with van der Waals surface area (Å²) in [4.78, 5) is 15.9. The molecule has 0 bridgehead atoms. The van der Waals surface area contributed by atoms with E-state index < -0.39 is 0 Å². The van der Waals surface area contributed by atoms with Gasteiger partial charge in [-0.2, -0.15) is 0 Å². The number of hydrogen-bond donors (Lipinski definition) is 1. The number of nitrogens with zero attached hydrogens (tertiary/aromatic N) is 1. The molecule has 0 radical (unpaired) electrons. The van der Waals surface area contributed by atoms with Crippen molar-refractivity contribution in [2.75, 3.05) is 19.6 Å². The Morgan fingerprint density at radius 3 is 2.54 bits per heavy atom. The van der Waals surface area contributed by atoms with Crippen molar-refractivity contribution in [3.05, 3.63) is 58.3 Å². The molecule has 1 amide bonds. The van der Waals surface area contributed by atoms with Gasteiger partial charge in [0.25, 0.3) is 0 Å². The van der Waals surface area contributed by atoms with Gasteiger partial charge < -0.3 is 10.1 Å². The molecule has 4 nitrogen and oxygen atoms in total. The van der Waals surface area contributed by atoms with E-state index in [2.05, 4.69) is 42.3 Å². The fraction of sp³-hybridized carbons (Fsp3) is 0.421. The molecule has 1 aliphatic heterocycles. The summed E-state index contributed by atoms with van der Waals surface area (Å²) in [5.41, 5.74) is 1.11. The van der Waals surface area contributed by atoms with Crippen LogP contribution >= 0.6 is 11.3 Å². The molecule has 128 valence electrons. The SMILES string of the molecule is C[C@@H]1CN(CC(=O)N[C@@H](c2ccccc2)c2cccs2)C[C@H](C)O1. The minimum absolute atomic E-state index is 0.0542. The summed E-state index contributed by atoms with van der Waals surface area (Å²) in [6.07, 6.45) is 0.340. The van der Waals surface area contributed by atoms with Crippen molar-refractivity contribution in [3.63, 3.8) is 0 Å². The number of thiophene rings is 1. The second kappa shape index (κ2) is 7.92. The predicted molar refractivity (Wildman–Crippen MR) is 97.2 cm³/mol. The fourth-order valence-electron chi connectivity index (χ4n) is 3.24. The van der Waals surface area contributed by atoms with Crippen LogP contribution in [0.15, 0.2) is 47.8 Å². The molecule has 5 heteroatoms. The van der Waals surface area contributed by atoms with Crippen LogP contribution in [0.25, 0.3) is 0 Å². The molecule has 1 fully saturated rings. The van der Waals surface area contributed by atoms with Crippen molar-refractivity contribution in [1.29, 1.82) is 0 Å². The summed E-state index contributed by atoms with van der Waals surface area (Å²) >= 11 is 1.67. The van der Waals surface area contributed by atoms with Crippen LogP contribution in [0.1, 0.15) is 30.3 Å². The average molecular weight is 344 g/mol. The van der Waals surface area contributed by atoms with Crippen LogP contribution in [0.3, 0.4) is 0 Å². The van der Waals surface area contributed by atoms with Gasteiger partial charge >= 0.3 is 0 Å². The van der Waals surface area contributed by atoms with Crippen molar-refractivity contribution >= 4 is 17.2 Å². The third-order valence-corrected chi connectivity index (χ3v) is 5.07. The third kappa shape index (κ3) is 4.44. The Bertz CT molecular complexity index is 635. The maximum atomic E-state index is 12.6. The Labute approximate surface area is 147 Å². The number of rotatable bonds is 5. The lowest BCUT2D eigenvalue weighted by atomic mass is 10.1. The topological polar surface area (TPSA) is 41.6 Å². The highest BCUT2D eigenvalue weighted by molar-refractivity contribution is 7.10. The number of amides is 1. The van der Waals surface area contributed by atoms with Gasteiger partial charge in [0, 0.05) is 18.0 Å². The molecular formula is C19H24N2O2S. The van der Waals surface area contributed by atoms with Crippen LogP contribution in [0, 0.1) is 0 Å². The van der Waals surface area contributed by atoms with Gasteiger partial charge in [-0.3, -0.25) is 9.69 Å². The van der Waals surface area contributed by atoms with Gasteiger partial charge in [0.15, 0.2) is 0 Å². The van der Waals surface area contributed by atoms with Crippen LogP contribution in [-0.4, -0.2) is 42.6 Å². The van der Waals surface area contributed by atoms with E-state index in [1.165, 1.54) is 0 Å². The van der Waals surface area contributed by atoms with Crippen LogP contribution in [0.2, 0.25) is 0 Å². The van der Waals surface area contributed by atoms with Crippen molar-refractivity contribution in [2.45, 2.75) is 32.1 Å². The number of carbonyl (C=O) groups is 1. The molecular weight excluding hydrogens is 320 g/mol. The minimum Gasteiger partial charge on any atom is -0.373 e. The molecule has 2 heterocycles. The van der Waals surface area contributed by atoms with Crippen molar-refractivity contribution in [1.82, 2.24) is 10.2 Å². The van der Waals surface area contributed by atoms with Gasteiger partial charge in [-0.15, -0.1) is 11.3 Å². The van der Waals surface area contributed by atoms with Crippen LogP contribution < -0.4 is 5.32 Å². The molecule has 1 aromatic carbocycles. The Balaban J connectivity index is 1.68. The zero-order valence-corrected chi connectivity index (χ0v) is 15.0. The van der Waals surface area contributed by atoms with E-state index in [9.17, 15) is 4.79 Å². The molecule has 0 unspecified atom stereocenters. The Morgan fingerprint density at radius 2 is 1.92 bits per heavy atom. The summed E-state index contributed by atoms with van der Waals surface area (Å²) < 4.78 is 5.74. The fourth-order valence-corrected chi connectivity index (χ4v) is 4.05. The van der Waals surface area contributed by atoms with Crippen molar-refractivity contribution in [2.24, 2.45) is 0 Å². The number of benzene rings is 1. The minimum atomic E-state index is -0.0883. The van der Waals surface area contributed by atoms with Crippen LogP contribution in [-0.2, 0) is 9.53 Å². The first-order valence-electron chi connectivity index (χ1n) is 8.37. The molecule has 1 aliphatic rings. The van der Waals surface area contributed by atoms with Gasteiger partial charge in [-0.1, -0.05) is 36.4 Å². The molecule has 1 aromatic heterocycles. The predicted octanol–water partition coefficient (Wildman–Crippen LogP) is 3.06. The molecule has 1 N–H and O–H groups in total. The number of hydrogen-bond acceptors (Lipinski definition) is 4. The van der Waals surface area contributed by atoms with Crippen LogP contribution in [0.4, 0.5) is 0 Å². The Hall–Kier alpha value is -1.69. The number of morpholine rings is 1. The lowest BCUT2D eigenvalue weighted by molar-refractivity contribution is -0.126. The van der Waals surface area contributed by atoms with E-state index in [0.29, 0.717) is 6.54 Å². The normalized spacial score (nSPS) is 22.9. The molecule has 3 atom stereocenters. The van der Waals surface area contributed by atoms with E-state index >= 15 is 0 Å². The average Bonchev–Trinajstić information content (AvgIpc) is 3.06. The van der Waals surface area contributed by atoms with Crippen LogP contribution in [0.5, 0.6) is 0 Å². The molecule has 3 rings (SSSR count). The summed E-state index contributed by atoms with van der Waals surface area (Å²) in [6.45, 7) is 6.12. The second-order valence-corrected chi connectivity index (χ2v) is 7.36. The summed E-state index contributed by atoms with van der Waals surface area (Å²) in [5.74, 6) is 0.0542. The first kappa shape index (κ1) is 17.1. The van der Waals surface area contributed by atoms with E-state index in [0.717, 1.165) is 23.5 Å². The molecule has 0 saturated carbocycles. The molecule has 24 heavy (non-hydrogen) atoms.